The standard InChI is InChI=1S/C28H30N4O6/c1-17-7-5-6-8-23(17)30-28(37)31-24-14-13-22(15-26(24)38-4)32(19(3)34)21-11-9-20(10-12-21)25(16-27(35)36)29-18(2)33/h5-15,25H,16H2,1-4H3,(H,29,33)(H,35,36)(H2,30,31,37)/t25-/m1/s1. The summed E-state index contributed by atoms with van der Waals surface area (Å²) in [5, 5.41) is 17.4. The Balaban J connectivity index is 1.84. The van der Waals surface area contributed by atoms with Crippen LogP contribution in [-0.2, 0) is 14.4 Å². The van der Waals surface area contributed by atoms with E-state index in [2.05, 4.69) is 16.0 Å². The quantitative estimate of drug-likeness (QED) is 0.315. The Hall–Kier alpha value is -4.86. The molecule has 198 valence electrons. The Morgan fingerprint density at radius 3 is 2.11 bits per heavy atom. The van der Waals surface area contributed by atoms with Crippen LogP contribution in [0.15, 0.2) is 66.7 Å². The van der Waals surface area contributed by atoms with Crippen LogP contribution in [0.3, 0.4) is 0 Å². The van der Waals surface area contributed by atoms with Crippen molar-refractivity contribution < 1.29 is 29.0 Å². The average molecular weight is 519 g/mol. The van der Waals surface area contributed by atoms with Gasteiger partial charge in [0.25, 0.3) is 0 Å². The second-order valence-corrected chi connectivity index (χ2v) is 8.58. The molecule has 4 amide bonds. The number of carboxylic acid groups (broad SMARTS) is 1. The van der Waals surface area contributed by atoms with E-state index < -0.39 is 18.0 Å². The van der Waals surface area contributed by atoms with E-state index in [1.165, 1.54) is 25.9 Å². The van der Waals surface area contributed by atoms with E-state index in [9.17, 15) is 24.3 Å². The van der Waals surface area contributed by atoms with E-state index in [1.54, 1.807) is 48.5 Å². The molecule has 3 rings (SSSR count). The summed E-state index contributed by atoms with van der Waals surface area (Å²) in [6, 6.07) is 17.8. The van der Waals surface area contributed by atoms with E-state index in [1.807, 2.05) is 25.1 Å². The van der Waals surface area contributed by atoms with E-state index in [0.717, 1.165) is 5.56 Å². The Morgan fingerprint density at radius 2 is 1.53 bits per heavy atom. The largest absolute Gasteiger partial charge is 0.494 e. The maximum absolute atomic E-state index is 12.6. The van der Waals surface area contributed by atoms with Gasteiger partial charge in [0.05, 0.1) is 30.9 Å². The minimum Gasteiger partial charge on any atom is -0.494 e. The summed E-state index contributed by atoms with van der Waals surface area (Å²) >= 11 is 0. The highest BCUT2D eigenvalue weighted by Gasteiger charge is 2.20. The summed E-state index contributed by atoms with van der Waals surface area (Å²) in [4.78, 5) is 49.4. The molecule has 1 atom stereocenters. The number of amides is 4. The number of ether oxygens (including phenoxy) is 1. The Kier molecular flexibility index (Phi) is 9.04. The summed E-state index contributed by atoms with van der Waals surface area (Å²) in [5.41, 5.74) is 3.61. The first kappa shape index (κ1) is 27.7. The van der Waals surface area contributed by atoms with Gasteiger partial charge >= 0.3 is 12.0 Å². The smallest absolute Gasteiger partial charge is 0.323 e. The molecule has 0 saturated carbocycles. The normalized spacial score (nSPS) is 11.2. The number of methoxy groups -OCH3 is 1. The fourth-order valence-corrected chi connectivity index (χ4v) is 3.95. The van der Waals surface area contributed by atoms with Crippen molar-refractivity contribution in [2.75, 3.05) is 22.6 Å². The van der Waals surface area contributed by atoms with Crippen molar-refractivity contribution in [1.82, 2.24) is 5.32 Å². The Morgan fingerprint density at radius 1 is 0.895 bits per heavy atom. The Labute approximate surface area is 220 Å². The van der Waals surface area contributed by atoms with Crippen LogP contribution in [0.2, 0.25) is 0 Å². The van der Waals surface area contributed by atoms with Crippen LogP contribution in [0.25, 0.3) is 0 Å². The molecule has 10 nitrogen and oxygen atoms in total. The molecule has 38 heavy (non-hydrogen) atoms. The molecule has 0 aliphatic rings. The molecule has 0 spiro atoms. The predicted octanol–water partition coefficient (Wildman–Crippen LogP) is 4.98. The first-order valence-corrected chi connectivity index (χ1v) is 11.8. The third-order valence-electron chi connectivity index (χ3n) is 5.71. The summed E-state index contributed by atoms with van der Waals surface area (Å²) in [6.07, 6.45) is -0.279. The third kappa shape index (κ3) is 7.10. The van der Waals surface area contributed by atoms with Crippen LogP contribution in [0.4, 0.5) is 27.5 Å². The molecule has 3 aromatic rings. The number of benzene rings is 3. The highest BCUT2D eigenvalue weighted by molar-refractivity contribution is 6.02. The lowest BCUT2D eigenvalue weighted by molar-refractivity contribution is -0.137. The number of nitrogens with zero attached hydrogens (tertiary/aromatic N) is 1. The van der Waals surface area contributed by atoms with Crippen molar-refractivity contribution in [3.63, 3.8) is 0 Å². The first-order chi connectivity index (χ1) is 18.1. The lowest BCUT2D eigenvalue weighted by Crippen LogP contribution is -2.28. The molecule has 0 unspecified atom stereocenters. The monoisotopic (exact) mass is 518 g/mol. The molecular weight excluding hydrogens is 488 g/mol. The minimum absolute atomic E-state index is 0.276. The van der Waals surface area contributed by atoms with Crippen LogP contribution in [0.1, 0.15) is 37.4 Å². The molecule has 0 radical (unpaired) electrons. The van der Waals surface area contributed by atoms with E-state index in [0.29, 0.717) is 34.1 Å². The highest BCUT2D eigenvalue weighted by Crippen LogP contribution is 2.34. The van der Waals surface area contributed by atoms with E-state index in [4.69, 9.17) is 4.74 Å². The van der Waals surface area contributed by atoms with Gasteiger partial charge in [-0.2, -0.15) is 0 Å². The number of rotatable bonds is 9. The fourth-order valence-electron chi connectivity index (χ4n) is 3.95. The lowest BCUT2D eigenvalue weighted by Gasteiger charge is -2.24. The summed E-state index contributed by atoms with van der Waals surface area (Å²) in [6.45, 7) is 4.62. The number of aliphatic carboxylic acids is 1. The zero-order valence-electron chi connectivity index (χ0n) is 21.6. The zero-order chi connectivity index (χ0) is 27.8. The number of hydrogen-bond donors (Lipinski definition) is 4. The second-order valence-electron chi connectivity index (χ2n) is 8.58. The number of carboxylic acids is 1. The number of aryl methyl sites for hydroxylation is 1. The van der Waals surface area contributed by atoms with Gasteiger partial charge in [-0.1, -0.05) is 30.3 Å². The number of para-hydroxylation sites is 1. The molecule has 0 bridgehead atoms. The Bertz CT molecular complexity index is 1320. The van der Waals surface area contributed by atoms with Crippen molar-refractivity contribution in [3.05, 3.63) is 77.9 Å². The van der Waals surface area contributed by atoms with Crippen LogP contribution < -0.4 is 25.6 Å². The van der Waals surface area contributed by atoms with Gasteiger partial charge in [0, 0.05) is 31.3 Å². The molecule has 0 aliphatic heterocycles. The topological polar surface area (TPSA) is 137 Å². The fraction of sp³-hybridized carbons (Fsp3) is 0.214. The number of carbonyl (C=O) groups is 4. The van der Waals surface area contributed by atoms with Gasteiger partial charge in [-0.3, -0.25) is 19.3 Å². The average Bonchev–Trinajstić information content (AvgIpc) is 2.85. The molecule has 0 saturated heterocycles. The van der Waals surface area contributed by atoms with Crippen LogP contribution >= 0.6 is 0 Å². The SMILES string of the molecule is COc1cc(N(C(C)=O)c2ccc([C@@H](CC(=O)O)NC(C)=O)cc2)ccc1NC(=O)Nc1ccccc1C. The molecule has 3 aromatic carbocycles. The van der Waals surface area contributed by atoms with Gasteiger partial charge in [-0.05, 0) is 48.4 Å². The molecule has 0 fully saturated rings. The van der Waals surface area contributed by atoms with E-state index in [-0.39, 0.29) is 18.2 Å². The van der Waals surface area contributed by atoms with Gasteiger partial charge in [0.1, 0.15) is 5.75 Å². The van der Waals surface area contributed by atoms with Crippen molar-refractivity contribution in [2.24, 2.45) is 0 Å². The maximum Gasteiger partial charge on any atom is 0.323 e. The number of hydrogen-bond acceptors (Lipinski definition) is 5. The third-order valence-corrected chi connectivity index (χ3v) is 5.71. The second kappa shape index (κ2) is 12.4. The predicted molar refractivity (Wildman–Crippen MR) is 145 cm³/mol. The number of carbonyl (C=O) groups excluding carboxylic acids is 3. The molecule has 0 aromatic heterocycles. The zero-order valence-corrected chi connectivity index (χ0v) is 21.6. The minimum atomic E-state index is -1.05. The van der Waals surface area contributed by atoms with Crippen molar-refractivity contribution in [3.8, 4) is 5.75 Å². The maximum atomic E-state index is 12.6. The molecule has 4 N–H and O–H groups in total. The van der Waals surface area contributed by atoms with Crippen molar-refractivity contribution in [2.45, 2.75) is 33.2 Å². The van der Waals surface area contributed by atoms with Gasteiger partial charge in [-0.25, -0.2) is 4.79 Å². The number of anilines is 4. The molecule has 10 heteroatoms. The lowest BCUT2D eigenvalue weighted by atomic mass is 10.0. The summed E-state index contributed by atoms with van der Waals surface area (Å²) in [7, 11) is 1.46. The summed E-state index contributed by atoms with van der Waals surface area (Å²) < 4.78 is 5.47. The van der Waals surface area contributed by atoms with Crippen molar-refractivity contribution in [1.29, 1.82) is 0 Å². The number of urea groups is 1. The van der Waals surface area contributed by atoms with Gasteiger partial charge < -0.3 is 25.8 Å². The van der Waals surface area contributed by atoms with Crippen LogP contribution in [-0.4, -0.2) is 36.0 Å². The highest BCUT2D eigenvalue weighted by atomic mass is 16.5. The molecule has 0 heterocycles. The van der Waals surface area contributed by atoms with Crippen LogP contribution in [0.5, 0.6) is 5.75 Å². The van der Waals surface area contributed by atoms with Crippen molar-refractivity contribution >= 4 is 46.6 Å². The van der Waals surface area contributed by atoms with Gasteiger partial charge in [0.2, 0.25) is 11.8 Å². The molecular formula is C28H30N4O6. The van der Waals surface area contributed by atoms with Gasteiger partial charge in [-0.15, -0.1) is 0 Å². The first-order valence-electron chi connectivity index (χ1n) is 11.8. The van der Waals surface area contributed by atoms with Gasteiger partial charge in [0.15, 0.2) is 0 Å². The van der Waals surface area contributed by atoms with Crippen LogP contribution in [0, 0.1) is 6.92 Å². The van der Waals surface area contributed by atoms with E-state index >= 15 is 0 Å². The molecule has 0 aliphatic carbocycles. The summed E-state index contributed by atoms with van der Waals surface area (Å²) in [5.74, 6) is -1.33. The number of nitrogens with one attached hydrogen (secondary N) is 3.